The largest absolute Gasteiger partial charge is 0.497 e. The lowest BCUT2D eigenvalue weighted by Crippen LogP contribution is -2.31. The van der Waals surface area contributed by atoms with Crippen molar-refractivity contribution in [2.45, 2.75) is 43.6 Å². The molecule has 0 aliphatic rings. The summed E-state index contributed by atoms with van der Waals surface area (Å²) in [6.07, 6.45) is 1.59. The molecule has 0 saturated carbocycles. The van der Waals surface area contributed by atoms with E-state index in [0.717, 1.165) is 34.4 Å². The van der Waals surface area contributed by atoms with E-state index in [1.54, 1.807) is 18.9 Å². The molecule has 4 rings (SSSR count). The lowest BCUT2D eigenvalue weighted by molar-refractivity contribution is 0.0939. The van der Waals surface area contributed by atoms with Gasteiger partial charge in [0.05, 0.1) is 7.11 Å². The van der Waals surface area contributed by atoms with Gasteiger partial charge in [-0.05, 0) is 60.9 Å². The molecule has 1 aromatic heterocycles. The fourth-order valence-corrected chi connectivity index (χ4v) is 4.51. The fraction of sp³-hybridized carbons (Fsp3) is 0.250. The molecule has 6 nitrogen and oxygen atoms in total. The van der Waals surface area contributed by atoms with Crippen LogP contribution in [0.4, 0.5) is 0 Å². The third-order valence-electron chi connectivity index (χ3n) is 5.81. The molecule has 0 unspecified atom stereocenters. The number of ether oxygens (including phenoxy) is 1. The zero-order valence-electron chi connectivity index (χ0n) is 20.3. The van der Waals surface area contributed by atoms with Crippen LogP contribution in [-0.2, 0) is 12.2 Å². The van der Waals surface area contributed by atoms with E-state index in [4.69, 9.17) is 4.74 Å². The molecule has 0 aliphatic carbocycles. The molecule has 1 heterocycles. The Balaban J connectivity index is 1.53. The average Bonchev–Trinajstić information content (AvgIpc) is 3.30. The number of hydrogen-bond donors (Lipinski definition) is 1. The Morgan fingerprint density at radius 2 is 1.69 bits per heavy atom. The number of carbonyl (C=O) groups excluding carboxylic acids is 1. The minimum Gasteiger partial charge on any atom is -0.497 e. The van der Waals surface area contributed by atoms with Gasteiger partial charge in [0.15, 0.2) is 5.16 Å². The summed E-state index contributed by atoms with van der Waals surface area (Å²) in [5, 5.41) is 12.9. The van der Waals surface area contributed by atoms with Crippen molar-refractivity contribution in [3.8, 4) is 11.4 Å². The smallest absolute Gasteiger partial charge is 0.251 e. The summed E-state index contributed by atoms with van der Waals surface area (Å²) < 4.78 is 7.43. The van der Waals surface area contributed by atoms with E-state index in [2.05, 4.69) is 39.1 Å². The third kappa shape index (κ3) is 6.31. The SMILES string of the molecule is CC[C@H](C)NC(=O)c1ccc(CSc2nnc(Cc3ccccc3)n2-c2ccc(OC)cc2)cc1. The lowest BCUT2D eigenvalue weighted by atomic mass is 10.1. The molecule has 1 N–H and O–H groups in total. The molecule has 7 heteroatoms. The monoisotopic (exact) mass is 486 g/mol. The van der Waals surface area contributed by atoms with Crippen molar-refractivity contribution in [3.63, 3.8) is 0 Å². The molecule has 0 spiro atoms. The van der Waals surface area contributed by atoms with E-state index < -0.39 is 0 Å². The van der Waals surface area contributed by atoms with Crippen LogP contribution in [0.3, 0.4) is 0 Å². The predicted molar refractivity (Wildman–Crippen MR) is 140 cm³/mol. The van der Waals surface area contributed by atoms with Crippen LogP contribution >= 0.6 is 11.8 Å². The zero-order chi connectivity index (χ0) is 24.6. The molecule has 0 aliphatic heterocycles. The van der Waals surface area contributed by atoms with Crippen LogP contribution in [0.25, 0.3) is 5.69 Å². The first-order chi connectivity index (χ1) is 17.1. The van der Waals surface area contributed by atoms with Crippen LogP contribution in [0.1, 0.15) is 47.6 Å². The Kier molecular flexibility index (Phi) is 8.21. The van der Waals surface area contributed by atoms with Gasteiger partial charge in [-0.3, -0.25) is 9.36 Å². The maximum absolute atomic E-state index is 12.4. The molecule has 1 atom stereocenters. The number of aromatic nitrogens is 3. The minimum atomic E-state index is -0.0386. The summed E-state index contributed by atoms with van der Waals surface area (Å²) >= 11 is 1.62. The van der Waals surface area contributed by atoms with Crippen LogP contribution in [-0.4, -0.2) is 33.8 Å². The van der Waals surface area contributed by atoms with E-state index in [1.807, 2.05) is 73.7 Å². The van der Waals surface area contributed by atoms with Gasteiger partial charge in [0, 0.05) is 29.5 Å². The first-order valence-corrected chi connectivity index (χ1v) is 12.7. The van der Waals surface area contributed by atoms with Crippen molar-refractivity contribution in [1.29, 1.82) is 0 Å². The minimum absolute atomic E-state index is 0.0386. The number of rotatable bonds is 10. The molecule has 4 aromatic rings. The van der Waals surface area contributed by atoms with Crippen molar-refractivity contribution in [3.05, 3.63) is 101 Å². The Morgan fingerprint density at radius 1 is 0.971 bits per heavy atom. The van der Waals surface area contributed by atoms with Crippen molar-refractivity contribution in [1.82, 2.24) is 20.1 Å². The summed E-state index contributed by atoms with van der Waals surface area (Å²) in [6, 6.07) is 26.1. The molecule has 3 aromatic carbocycles. The van der Waals surface area contributed by atoms with Gasteiger partial charge in [-0.2, -0.15) is 0 Å². The number of benzene rings is 3. The Bertz CT molecular complexity index is 1240. The second-order valence-corrected chi connectivity index (χ2v) is 9.31. The second-order valence-electron chi connectivity index (χ2n) is 8.36. The number of nitrogens with one attached hydrogen (secondary N) is 1. The quantitative estimate of drug-likeness (QED) is 0.292. The maximum Gasteiger partial charge on any atom is 0.251 e. The van der Waals surface area contributed by atoms with Crippen LogP contribution in [0.5, 0.6) is 5.75 Å². The van der Waals surface area contributed by atoms with Crippen molar-refractivity contribution >= 4 is 17.7 Å². The van der Waals surface area contributed by atoms with Crippen LogP contribution < -0.4 is 10.1 Å². The summed E-state index contributed by atoms with van der Waals surface area (Å²) in [4.78, 5) is 12.4. The number of hydrogen-bond acceptors (Lipinski definition) is 5. The fourth-order valence-electron chi connectivity index (χ4n) is 3.59. The first kappa shape index (κ1) is 24.5. The predicted octanol–water partition coefficient (Wildman–Crippen LogP) is 5.69. The van der Waals surface area contributed by atoms with Crippen LogP contribution in [0, 0.1) is 0 Å². The van der Waals surface area contributed by atoms with Gasteiger partial charge in [0.2, 0.25) is 0 Å². The molecular formula is C28H30N4O2S. The standard InChI is InChI=1S/C28H30N4O2S/c1-4-20(2)29-27(33)23-12-10-22(11-13-23)19-35-28-31-30-26(18-21-8-6-5-7-9-21)32(28)24-14-16-25(34-3)17-15-24/h5-17,20H,4,18-19H2,1-3H3,(H,29,33)/t20-/m0/s1. The van der Waals surface area contributed by atoms with Gasteiger partial charge in [-0.25, -0.2) is 0 Å². The molecule has 1 amide bonds. The maximum atomic E-state index is 12.4. The van der Waals surface area contributed by atoms with Crippen molar-refractivity contribution < 1.29 is 9.53 Å². The van der Waals surface area contributed by atoms with Gasteiger partial charge in [0.1, 0.15) is 11.6 Å². The highest BCUT2D eigenvalue weighted by atomic mass is 32.2. The Morgan fingerprint density at radius 3 is 2.34 bits per heavy atom. The summed E-state index contributed by atoms with van der Waals surface area (Å²) in [5.41, 5.74) is 3.95. The average molecular weight is 487 g/mol. The molecule has 0 radical (unpaired) electrons. The molecular weight excluding hydrogens is 456 g/mol. The molecule has 0 fully saturated rings. The second kappa shape index (κ2) is 11.7. The molecule has 180 valence electrons. The van der Waals surface area contributed by atoms with Crippen molar-refractivity contribution in [2.75, 3.05) is 7.11 Å². The zero-order valence-corrected chi connectivity index (χ0v) is 21.1. The van der Waals surface area contributed by atoms with E-state index in [0.29, 0.717) is 17.7 Å². The highest BCUT2D eigenvalue weighted by Crippen LogP contribution is 2.27. The van der Waals surface area contributed by atoms with E-state index >= 15 is 0 Å². The van der Waals surface area contributed by atoms with Gasteiger partial charge < -0.3 is 10.1 Å². The summed E-state index contributed by atoms with van der Waals surface area (Å²) in [6.45, 7) is 4.06. The molecule has 0 saturated heterocycles. The molecule has 0 bridgehead atoms. The number of carbonyl (C=O) groups is 1. The summed E-state index contributed by atoms with van der Waals surface area (Å²) in [5.74, 6) is 2.36. The lowest BCUT2D eigenvalue weighted by Gasteiger charge is -2.12. The van der Waals surface area contributed by atoms with Gasteiger partial charge in [0.25, 0.3) is 5.91 Å². The molecule has 35 heavy (non-hydrogen) atoms. The number of nitrogens with zero attached hydrogens (tertiary/aromatic N) is 3. The van der Waals surface area contributed by atoms with E-state index in [1.165, 1.54) is 5.56 Å². The summed E-state index contributed by atoms with van der Waals surface area (Å²) in [7, 11) is 1.66. The van der Waals surface area contributed by atoms with E-state index in [9.17, 15) is 4.79 Å². The van der Waals surface area contributed by atoms with E-state index in [-0.39, 0.29) is 11.9 Å². The Labute approximate surface area is 210 Å². The Hall–Kier alpha value is -3.58. The number of methoxy groups -OCH3 is 1. The van der Waals surface area contributed by atoms with Gasteiger partial charge in [-0.15, -0.1) is 10.2 Å². The topological polar surface area (TPSA) is 69.0 Å². The highest BCUT2D eigenvalue weighted by Gasteiger charge is 2.16. The number of thioether (sulfide) groups is 1. The first-order valence-electron chi connectivity index (χ1n) is 11.7. The normalized spacial score (nSPS) is 11.7. The van der Waals surface area contributed by atoms with Crippen LogP contribution in [0.2, 0.25) is 0 Å². The van der Waals surface area contributed by atoms with Gasteiger partial charge in [-0.1, -0.05) is 61.2 Å². The van der Waals surface area contributed by atoms with Crippen LogP contribution in [0.15, 0.2) is 84.0 Å². The van der Waals surface area contributed by atoms with Crippen molar-refractivity contribution in [2.24, 2.45) is 0 Å². The number of amides is 1. The van der Waals surface area contributed by atoms with Gasteiger partial charge >= 0.3 is 0 Å². The third-order valence-corrected chi connectivity index (χ3v) is 6.81. The highest BCUT2D eigenvalue weighted by molar-refractivity contribution is 7.98.